The van der Waals surface area contributed by atoms with E-state index in [9.17, 15) is 14.4 Å². The van der Waals surface area contributed by atoms with Gasteiger partial charge < -0.3 is 10.3 Å². The van der Waals surface area contributed by atoms with E-state index in [0.29, 0.717) is 20.4 Å². The fraction of sp³-hybridized carbons (Fsp3) is 0.208. The first kappa shape index (κ1) is 21.5. The summed E-state index contributed by atoms with van der Waals surface area (Å²) in [5.41, 5.74) is 2.32. The first-order valence-electron chi connectivity index (χ1n) is 9.57. The van der Waals surface area contributed by atoms with Crippen molar-refractivity contribution in [2.75, 3.05) is 5.32 Å². The number of carbonyl (C=O) groups is 2. The van der Waals surface area contributed by atoms with Gasteiger partial charge in [-0.3, -0.25) is 14.4 Å². The van der Waals surface area contributed by atoms with E-state index in [1.165, 1.54) is 17.4 Å². The molecular formula is C24H24N2O3S. The molecule has 2 N–H and O–H groups in total. The minimum atomic E-state index is -0.505. The summed E-state index contributed by atoms with van der Waals surface area (Å²) in [5, 5.41) is 2.87. The van der Waals surface area contributed by atoms with Crippen LogP contribution in [-0.2, 0) is 4.79 Å². The lowest BCUT2D eigenvalue weighted by molar-refractivity contribution is -0.119. The van der Waals surface area contributed by atoms with Gasteiger partial charge in [-0.15, -0.1) is 11.3 Å². The summed E-state index contributed by atoms with van der Waals surface area (Å²) in [4.78, 5) is 39.6. The van der Waals surface area contributed by atoms with Crippen LogP contribution in [0, 0.1) is 12.3 Å². The standard InChI is InChI=1S/C24H24N2O3S/c1-15-8-10-17(11-9-15)22(28)25-18-7-5-6-16(12-18)13-19-23(29)26-21(30-19)14-20(27)24(2,3)4/h5-14H,1-4H3,(H,25,28)(H,26,29)/b19-13-,21-14-. The van der Waals surface area contributed by atoms with E-state index in [0.717, 1.165) is 11.1 Å². The van der Waals surface area contributed by atoms with Gasteiger partial charge in [-0.25, -0.2) is 0 Å². The number of anilines is 1. The molecule has 154 valence electrons. The van der Waals surface area contributed by atoms with Gasteiger partial charge in [-0.2, -0.15) is 0 Å². The zero-order valence-electron chi connectivity index (χ0n) is 17.4. The first-order valence-corrected chi connectivity index (χ1v) is 10.4. The number of ketones is 1. The average molecular weight is 421 g/mol. The molecule has 0 saturated heterocycles. The molecular weight excluding hydrogens is 396 g/mol. The highest BCUT2D eigenvalue weighted by molar-refractivity contribution is 7.07. The lowest BCUT2D eigenvalue weighted by Gasteiger charge is -2.12. The van der Waals surface area contributed by atoms with E-state index in [2.05, 4.69) is 10.3 Å². The maximum absolute atomic E-state index is 12.4. The van der Waals surface area contributed by atoms with E-state index in [1.807, 2.05) is 52.0 Å². The van der Waals surface area contributed by atoms with E-state index >= 15 is 0 Å². The van der Waals surface area contributed by atoms with Gasteiger partial charge in [0.1, 0.15) is 0 Å². The highest BCUT2D eigenvalue weighted by Gasteiger charge is 2.18. The summed E-state index contributed by atoms with van der Waals surface area (Å²) < 4.78 is 1.01. The number of carbonyl (C=O) groups excluding carboxylic acids is 2. The fourth-order valence-electron chi connectivity index (χ4n) is 2.63. The molecule has 0 spiro atoms. The van der Waals surface area contributed by atoms with Crippen LogP contribution in [0.15, 0.2) is 53.3 Å². The van der Waals surface area contributed by atoms with Gasteiger partial charge in [0.25, 0.3) is 11.5 Å². The average Bonchev–Trinajstić information content (AvgIpc) is 3.00. The third kappa shape index (κ3) is 5.42. The van der Waals surface area contributed by atoms with Gasteiger partial charge in [-0.1, -0.05) is 50.6 Å². The SMILES string of the molecule is Cc1ccc(C(=O)Nc2cccc(/C=c3\s/c(=C\C(=O)C(C)(C)C)[nH]c3=O)c2)cc1. The zero-order chi connectivity index (χ0) is 21.9. The summed E-state index contributed by atoms with van der Waals surface area (Å²) >= 11 is 1.23. The monoisotopic (exact) mass is 420 g/mol. The van der Waals surface area contributed by atoms with Crippen molar-refractivity contribution >= 4 is 40.9 Å². The predicted octanol–water partition coefficient (Wildman–Crippen LogP) is 3.22. The van der Waals surface area contributed by atoms with Crippen LogP contribution in [0.3, 0.4) is 0 Å². The highest BCUT2D eigenvalue weighted by atomic mass is 32.1. The summed E-state index contributed by atoms with van der Waals surface area (Å²) in [6, 6.07) is 14.6. The zero-order valence-corrected chi connectivity index (χ0v) is 18.2. The Labute approximate surface area is 178 Å². The smallest absolute Gasteiger partial charge is 0.266 e. The van der Waals surface area contributed by atoms with Gasteiger partial charge >= 0.3 is 0 Å². The Hall–Kier alpha value is -3.25. The van der Waals surface area contributed by atoms with Gasteiger partial charge in [0, 0.05) is 22.7 Å². The fourth-order valence-corrected chi connectivity index (χ4v) is 3.51. The van der Waals surface area contributed by atoms with Crippen molar-refractivity contribution in [3.05, 3.63) is 84.8 Å². The molecule has 0 aliphatic rings. The molecule has 1 amide bonds. The molecule has 0 atom stereocenters. The van der Waals surface area contributed by atoms with Crippen molar-refractivity contribution < 1.29 is 9.59 Å². The Morgan fingerprint density at radius 3 is 2.43 bits per heavy atom. The number of amides is 1. The molecule has 2 aromatic carbocycles. The molecule has 30 heavy (non-hydrogen) atoms. The van der Waals surface area contributed by atoms with Gasteiger partial charge in [0.2, 0.25) is 0 Å². The Kier molecular flexibility index (Phi) is 6.17. The lowest BCUT2D eigenvalue weighted by Crippen LogP contribution is -2.22. The molecule has 1 aromatic heterocycles. The molecule has 0 fully saturated rings. The summed E-state index contributed by atoms with van der Waals surface area (Å²) in [5.74, 6) is -0.244. The number of thiazole rings is 1. The van der Waals surface area contributed by atoms with Crippen molar-refractivity contribution in [1.29, 1.82) is 0 Å². The number of nitrogens with one attached hydrogen (secondary N) is 2. The van der Waals surface area contributed by atoms with E-state index in [4.69, 9.17) is 0 Å². The molecule has 0 aliphatic heterocycles. The first-order chi connectivity index (χ1) is 14.1. The van der Waals surface area contributed by atoms with Gasteiger partial charge in [0.05, 0.1) is 9.20 Å². The molecule has 0 aliphatic carbocycles. The van der Waals surface area contributed by atoms with Crippen LogP contribution >= 0.6 is 11.3 Å². The Balaban J connectivity index is 1.86. The van der Waals surface area contributed by atoms with Crippen LogP contribution in [0.1, 0.15) is 42.3 Å². The maximum Gasteiger partial charge on any atom is 0.266 e. The van der Waals surface area contributed by atoms with Gasteiger partial charge in [0.15, 0.2) is 5.78 Å². The maximum atomic E-state index is 12.4. The predicted molar refractivity (Wildman–Crippen MR) is 122 cm³/mol. The normalized spacial score (nSPS) is 12.8. The molecule has 0 unspecified atom stereocenters. The third-order valence-electron chi connectivity index (χ3n) is 4.44. The topological polar surface area (TPSA) is 79.0 Å². The molecule has 0 saturated carbocycles. The van der Waals surface area contributed by atoms with E-state index < -0.39 is 5.41 Å². The number of hydrogen-bond acceptors (Lipinski definition) is 4. The summed E-state index contributed by atoms with van der Waals surface area (Å²) in [6.45, 7) is 7.47. The number of rotatable bonds is 4. The van der Waals surface area contributed by atoms with Crippen molar-refractivity contribution in [2.24, 2.45) is 5.41 Å². The van der Waals surface area contributed by atoms with Crippen molar-refractivity contribution in [2.45, 2.75) is 27.7 Å². The highest BCUT2D eigenvalue weighted by Crippen LogP contribution is 2.15. The van der Waals surface area contributed by atoms with Crippen molar-refractivity contribution in [1.82, 2.24) is 4.98 Å². The van der Waals surface area contributed by atoms with Crippen molar-refractivity contribution in [3.63, 3.8) is 0 Å². The lowest BCUT2D eigenvalue weighted by atomic mass is 9.91. The minimum absolute atomic E-state index is 0.0487. The number of H-pyrrole nitrogens is 1. The Morgan fingerprint density at radius 2 is 1.77 bits per heavy atom. The molecule has 3 rings (SSSR count). The van der Waals surface area contributed by atoms with Crippen molar-refractivity contribution in [3.8, 4) is 0 Å². The molecule has 0 bridgehead atoms. The second kappa shape index (κ2) is 8.63. The number of benzene rings is 2. The molecule has 1 heterocycles. The van der Waals surface area contributed by atoms with Crippen LogP contribution < -0.4 is 20.1 Å². The third-order valence-corrected chi connectivity index (χ3v) is 5.40. The van der Waals surface area contributed by atoms with Crippen LogP contribution in [0.2, 0.25) is 0 Å². The molecule has 5 nitrogen and oxygen atoms in total. The van der Waals surface area contributed by atoms with Gasteiger partial charge in [-0.05, 0) is 42.8 Å². The molecule has 0 radical (unpaired) electrons. The van der Waals surface area contributed by atoms with Crippen LogP contribution in [0.25, 0.3) is 12.2 Å². The van der Waals surface area contributed by atoms with Crippen LogP contribution in [0.5, 0.6) is 0 Å². The summed E-state index contributed by atoms with van der Waals surface area (Å²) in [7, 11) is 0. The number of aromatic amines is 1. The largest absolute Gasteiger partial charge is 0.322 e. The second-order valence-corrected chi connectivity index (χ2v) is 9.22. The number of aryl methyl sites for hydroxylation is 1. The number of Topliss-reactive ketones (excluding diaryl/α,β-unsaturated/α-hetero) is 1. The minimum Gasteiger partial charge on any atom is -0.322 e. The second-order valence-electron chi connectivity index (χ2n) is 8.13. The van der Waals surface area contributed by atoms with E-state index in [-0.39, 0.29) is 17.2 Å². The molecule has 6 heteroatoms. The summed E-state index contributed by atoms with van der Waals surface area (Å²) in [6.07, 6.45) is 3.21. The Morgan fingerprint density at radius 1 is 1.07 bits per heavy atom. The number of hydrogen-bond donors (Lipinski definition) is 2. The quantitative estimate of drug-likeness (QED) is 0.680. The molecule has 3 aromatic rings. The van der Waals surface area contributed by atoms with E-state index in [1.54, 1.807) is 30.3 Å². The number of aromatic nitrogens is 1. The van der Waals surface area contributed by atoms with Crippen LogP contribution in [-0.4, -0.2) is 16.7 Å². The van der Waals surface area contributed by atoms with Crippen LogP contribution in [0.4, 0.5) is 5.69 Å². The Bertz CT molecular complexity index is 1260.